The molecule has 2 amide bonds. The zero-order valence-corrected chi connectivity index (χ0v) is 12.5. The molecule has 1 N–H and O–H groups in total. The average molecular weight is 321 g/mol. The molecule has 2 saturated heterocycles. The average Bonchev–Trinajstić information content (AvgIpc) is 3.11. The van der Waals surface area contributed by atoms with Crippen molar-refractivity contribution in [3.63, 3.8) is 0 Å². The lowest BCUT2D eigenvalue weighted by atomic mass is 10.2. The summed E-state index contributed by atoms with van der Waals surface area (Å²) in [6.07, 6.45) is -0.735. The van der Waals surface area contributed by atoms with E-state index in [0.29, 0.717) is 26.3 Å². The fourth-order valence-electron chi connectivity index (χ4n) is 2.53. The molecule has 0 radical (unpaired) electrons. The summed E-state index contributed by atoms with van der Waals surface area (Å²) in [6.45, 7) is 1.76. The van der Waals surface area contributed by atoms with Crippen LogP contribution in [-0.4, -0.2) is 50.0 Å². The van der Waals surface area contributed by atoms with E-state index in [1.165, 1.54) is 5.49 Å². The maximum Gasteiger partial charge on any atom is 0.414 e. The Kier molecular flexibility index (Phi) is 4.10. The largest absolute Gasteiger partial charge is 0.447 e. The standard InChI is InChI=1S/C14H15N3O4S/c18-13-16(5-6-20-13)10-1-3-11(4-2-10)17-12(7-15-9-22)8-21-14(17)19/h1-4,9,12H,5-8H2,(H,15,22). The fourth-order valence-corrected chi connectivity index (χ4v) is 2.63. The van der Waals surface area contributed by atoms with Crippen molar-refractivity contribution in [1.82, 2.24) is 5.32 Å². The van der Waals surface area contributed by atoms with Crippen molar-refractivity contribution in [3.8, 4) is 0 Å². The number of anilines is 2. The molecule has 0 aliphatic carbocycles. The second kappa shape index (κ2) is 6.18. The van der Waals surface area contributed by atoms with Gasteiger partial charge in [0.05, 0.1) is 18.1 Å². The smallest absolute Gasteiger partial charge is 0.414 e. The minimum absolute atomic E-state index is 0.116. The molecule has 2 aliphatic heterocycles. The van der Waals surface area contributed by atoms with E-state index in [1.807, 2.05) is 0 Å². The van der Waals surface area contributed by atoms with Gasteiger partial charge in [0.1, 0.15) is 13.2 Å². The molecule has 0 spiro atoms. The molecule has 1 unspecified atom stereocenters. The van der Waals surface area contributed by atoms with Crippen LogP contribution in [0.2, 0.25) is 0 Å². The van der Waals surface area contributed by atoms with Gasteiger partial charge in [0.15, 0.2) is 0 Å². The highest BCUT2D eigenvalue weighted by atomic mass is 32.1. The first kappa shape index (κ1) is 14.6. The summed E-state index contributed by atoms with van der Waals surface area (Å²) in [5.74, 6) is 0. The number of benzene rings is 1. The van der Waals surface area contributed by atoms with Crippen LogP contribution >= 0.6 is 12.2 Å². The van der Waals surface area contributed by atoms with Crippen LogP contribution in [0, 0.1) is 0 Å². The zero-order chi connectivity index (χ0) is 15.5. The number of rotatable bonds is 5. The van der Waals surface area contributed by atoms with Crippen LogP contribution in [0.5, 0.6) is 0 Å². The van der Waals surface area contributed by atoms with Gasteiger partial charge in [-0.1, -0.05) is 12.2 Å². The normalized spacial score (nSPS) is 20.8. The first-order valence-corrected chi connectivity index (χ1v) is 7.35. The fraction of sp³-hybridized carbons (Fsp3) is 0.357. The second-order valence-electron chi connectivity index (χ2n) is 4.91. The van der Waals surface area contributed by atoms with Crippen LogP contribution < -0.4 is 15.1 Å². The molecular weight excluding hydrogens is 306 g/mol. The summed E-state index contributed by atoms with van der Waals surface area (Å²) < 4.78 is 10.0. The van der Waals surface area contributed by atoms with E-state index in [1.54, 1.807) is 34.1 Å². The Labute approximate surface area is 132 Å². The third kappa shape index (κ3) is 2.69. The first-order chi connectivity index (χ1) is 10.7. The predicted molar refractivity (Wildman–Crippen MR) is 84.4 cm³/mol. The lowest BCUT2D eigenvalue weighted by Crippen LogP contribution is -2.40. The van der Waals surface area contributed by atoms with Crippen LogP contribution in [0.15, 0.2) is 24.3 Å². The minimum Gasteiger partial charge on any atom is -0.447 e. The summed E-state index contributed by atoms with van der Waals surface area (Å²) in [5.41, 5.74) is 2.88. The summed E-state index contributed by atoms with van der Waals surface area (Å²) in [6, 6.07) is 7.04. The van der Waals surface area contributed by atoms with Crippen molar-refractivity contribution in [2.75, 3.05) is 36.1 Å². The van der Waals surface area contributed by atoms with Gasteiger partial charge in [-0.15, -0.1) is 0 Å². The number of ether oxygens (including phenoxy) is 2. The van der Waals surface area contributed by atoms with Crippen molar-refractivity contribution in [2.24, 2.45) is 0 Å². The molecular formula is C14H15N3O4S. The number of nitrogens with one attached hydrogen (secondary N) is 1. The third-order valence-corrected chi connectivity index (χ3v) is 3.76. The quantitative estimate of drug-likeness (QED) is 0.829. The van der Waals surface area contributed by atoms with Crippen LogP contribution in [0.4, 0.5) is 21.0 Å². The lowest BCUT2D eigenvalue weighted by Gasteiger charge is -2.22. The van der Waals surface area contributed by atoms with Crippen molar-refractivity contribution >= 4 is 41.3 Å². The van der Waals surface area contributed by atoms with Gasteiger partial charge in [-0.05, 0) is 24.3 Å². The number of amides is 2. The number of carbonyl (C=O) groups excluding carboxylic acids is 2. The monoisotopic (exact) mass is 321 g/mol. The number of nitrogens with zero attached hydrogens (tertiary/aromatic N) is 2. The Morgan fingerprint density at radius 3 is 2.55 bits per heavy atom. The van der Waals surface area contributed by atoms with E-state index in [-0.39, 0.29) is 18.2 Å². The molecule has 0 aromatic heterocycles. The van der Waals surface area contributed by atoms with Crippen LogP contribution in [0.1, 0.15) is 0 Å². The highest BCUT2D eigenvalue weighted by Gasteiger charge is 2.34. The Hall–Kier alpha value is -2.35. The van der Waals surface area contributed by atoms with E-state index in [2.05, 4.69) is 5.32 Å². The van der Waals surface area contributed by atoms with Crippen molar-refractivity contribution in [3.05, 3.63) is 24.3 Å². The van der Waals surface area contributed by atoms with E-state index in [0.717, 1.165) is 11.4 Å². The summed E-state index contributed by atoms with van der Waals surface area (Å²) in [5, 5.41) is 2.92. The maximum atomic E-state index is 11.9. The van der Waals surface area contributed by atoms with Gasteiger partial charge in [-0.3, -0.25) is 9.80 Å². The molecule has 0 saturated carbocycles. The van der Waals surface area contributed by atoms with Gasteiger partial charge in [0.2, 0.25) is 0 Å². The molecule has 7 nitrogen and oxygen atoms in total. The number of hydrogen-bond donors (Lipinski definition) is 1. The van der Waals surface area contributed by atoms with Gasteiger partial charge in [-0.25, -0.2) is 9.59 Å². The number of cyclic esters (lactones) is 2. The summed E-state index contributed by atoms with van der Waals surface area (Å²) in [4.78, 5) is 26.6. The van der Waals surface area contributed by atoms with Crippen LogP contribution in [-0.2, 0) is 9.47 Å². The van der Waals surface area contributed by atoms with Crippen molar-refractivity contribution in [2.45, 2.75) is 6.04 Å². The number of thiocarbonyl (C=S) groups is 1. The topological polar surface area (TPSA) is 71.1 Å². The Morgan fingerprint density at radius 2 is 1.91 bits per heavy atom. The molecule has 2 aliphatic rings. The highest BCUT2D eigenvalue weighted by molar-refractivity contribution is 7.78. The molecule has 1 aromatic rings. The van der Waals surface area contributed by atoms with Crippen molar-refractivity contribution in [1.29, 1.82) is 0 Å². The molecule has 8 heteroatoms. The predicted octanol–water partition coefficient (Wildman–Crippen LogP) is 1.52. The highest BCUT2D eigenvalue weighted by Crippen LogP contribution is 2.27. The molecule has 116 valence electrons. The molecule has 1 atom stereocenters. The molecule has 3 rings (SSSR count). The SMILES string of the molecule is O=C1OCCN1c1ccc(N2C(=O)OCC2CNC=S)cc1. The van der Waals surface area contributed by atoms with E-state index in [4.69, 9.17) is 21.7 Å². The van der Waals surface area contributed by atoms with Crippen molar-refractivity contribution < 1.29 is 19.1 Å². The second-order valence-corrected chi connectivity index (χ2v) is 5.14. The minimum atomic E-state index is -0.385. The van der Waals surface area contributed by atoms with E-state index in [9.17, 15) is 9.59 Å². The molecule has 0 bridgehead atoms. The van der Waals surface area contributed by atoms with Gasteiger partial charge < -0.3 is 14.8 Å². The van der Waals surface area contributed by atoms with Gasteiger partial charge in [0.25, 0.3) is 0 Å². The van der Waals surface area contributed by atoms with Gasteiger partial charge >= 0.3 is 12.2 Å². The molecule has 2 heterocycles. The number of carbonyl (C=O) groups is 2. The Morgan fingerprint density at radius 1 is 1.18 bits per heavy atom. The van der Waals surface area contributed by atoms with E-state index < -0.39 is 0 Å². The zero-order valence-electron chi connectivity index (χ0n) is 11.7. The Bertz CT molecular complexity index is 592. The lowest BCUT2D eigenvalue weighted by molar-refractivity contribution is 0.178. The van der Waals surface area contributed by atoms with Gasteiger partial charge in [-0.2, -0.15) is 0 Å². The molecule has 2 fully saturated rings. The van der Waals surface area contributed by atoms with Crippen LogP contribution in [0.25, 0.3) is 0 Å². The third-order valence-electron chi connectivity index (χ3n) is 3.60. The van der Waals surface area contributed by atoms with Gasteiger partial charge in [0, 0.05) is 17.9 Å². The maximum absolute atomic E-state index is 11.9. The number of hydrogen-bond acceptors (Lipinski definition) is 5. The summed E-state index contributed by atoms with van der Waals surface area (Å²) >= 11 is 4.73. The first-order valence-electron chi connectivity index (χ1n) is 6.88. The molecule has 22 heavy (non-hydrogen) atoms. The van der Waals surface area contributed by atoms with Crippen LogP contribution in [0.3, 0.4) is 0 Å². The van der Waals surface area contributed by atoms with E-state index >= 15 is 0 Å². The Balaban J connectivity index is 1.77. The summed E-state index contributed by atoms with van der Waals surface area (Å²) in [7, 11) is 0. The molecule has 1 aromatic carbocycles.